The Morgan fingerprint density at radius 3 is 1.37 bits per heavy atom. The molecule has 2 aliphatic carbocycles. The van der Waals surface area contributed by atoms with E-state index in [9.17, 15) is 9.59 Å². The van der Waals surface area contributed by atoms with Gasteiger partial charge in [0.2, 0.25) is 0 Å². The van der Waals surface area contributed by atoms with Crippen molar-refractivity contribution in [2.45, 2.75) is 107 Å². The van der Waals surface area contributed by atoms with Crippen molar-refractivity contribution >= 4 is 30.9 Å². The molecule has 2 aliphatic rings. The molecule has 0 radical (unpaired) electrons. The molecule has 2 N–H and O–H groups in total. The van der Waals surface area contributed by atoms with Gasteiger partial charge in [-0.05, 0) is 0 Å². The number of carbonyl (C=O) groups is 2. The molecule has 0 saturated heterocycles. The van der Waals surface area contributed by atoms with Crippen LogP contribution in [-0.2, 0) is 26.2 Å². The molecule has 9 heteroatoms. The predicted octanol–water partition coefficient (Wildman–Crippen LogP) is 10.6. The van der Waals surface area contributed by atoms with E-state index >= 15 is 17.6 Å². The number of nitrogens with one attached hydrogen (secondary N) is 2. The van der Waals surface area contributed by atoms with Crippen LogP contribution in [0.5, 0.6) is 0 Å². The van der Waals surface area contributed by atoms with Crippen LogP contribution in [0.25, 0.3) is 0 Å². The molecule has 0 spiro atoms. The zero-order valence-corrected chi connectivity index (χ0v) is 33.0. The SMILES string of the molecule is CCCCC(C)C(C)(C)C(=O)Nc1ccc(F)[c]([Ti]([C]2=CC=CC2)([C]2=CC=CC2)[c]2c(F)ccc(NC(=O)C(C)(C)C(C)CCCC)c2F)c1F. The van der Waals surface area contributed by atoms with Gasteiger partial charge in [-0.1, -0.05) is 0 Å². The number of hydrogen-bond donors (Lipinski definition) is 2. The first kappa shape index (κ1) is 40.5. The van der Waals surface area contributed by atoms with Gasteiger partial charge in [-0.3, -0.25) is 0 Å². The van der Waals surface area contributed by atoms with E-state index in [1.165, 1.54) is 12.1 Å². The average Bonchev–Trinajstić information content (AvgIpc) is 3.84. The summed E-state index contributed by atoms with van der Waals surface area (Å²) in [6.45, 7) is 15.3. The fourth-order valence-electron chi connectivity index (χ4n) is 7.17. The molecule has 4 rings (SSSR count). The van der Waals surface area contributed by atoms with Crippen LogP contribution in [0.4, 0.5) is 28.9 Å². The Bertz CT molecular complexity index is 1630. The first-order chi connectivity index (χ1) is 24.1. The van der Waals surface area contributed by atoms with Gasteiger partial charge in [0.05, 0.1) is 0 Å². The van der Waals surface area contributed by atoms with Crippen molar-refractivity contribution in [3.63, 3.8) is 0 Å². The fourth-order valence-corrected chi connectivity index (χ4v) is 15.4. The molecule has 0 saturated carbocycles. The summed E-state index contributed by atoms with van der Waals surface area (Å²) in [5, 5.41) is 5.45. The Balaban J connectivity index is 1.94. The van der Waals surface area contributed by atoms with Crippen molar-refractivity contribution in [2.24, 2.45) is 22.7 Å². The van der Waals surface area contributed by atoms with Crippen molar-refractivity contribution in [2.75, 3.05) is 10.6 Å². The third kappa shape index (κ3) is 7.93. The predicted molar refractivity (Wildman–Crippen MR) is 198 cm³/mol. The van der Waals surface area contributed by atoms with Gasteiger partial charge in [-0.2, -0.15) is 0 Å². The Kier molecular flexibility index (Phi) is 13.2. The van der Waals surface area contributed by atoms with E-state index in [4.69, 9.17) is 0 Å². The second-order valence-corrected chi connectivity index (χ2v) is 21.3. The minimum absolute atomic E-state index is 0.0256. The molecule has 51 heavy (non-hydrogen) atoms. The normalized spacial score (nSPS) is 15.8. The number of unbranched alkanes of at least 4 members (excludes halogenated alkanes) is 2. The van der Waals surface area contributed by atoms with Gasteiger partial charge in [-0.25, -0.2) is 0 Å². The second kappa shape index (κ2) is 16.6. The van der Waals surface area contributed by atoms with E-state index in [2.05, 4.69) is 24.5 Å². The first-order valence-corrected chi connectivity index (χ1v) is 21.5. The number of amides is 2. The number of carbonyl (C=O) groups excluding carboxylic acids is 2. The third-order valence-electron chi connectivity index (χ3n) is 11.6. The Hall–Kier alpha value is -3.23. The molecule has 2 unspecified atom stereocenters. The van der Waals surface area contributed by atoms with Crippen LogP contribution in [0.1, 0.15) is 107 Å². The number of benzene rings is 2. The van der Waals surface area contributed by atoms with Crippen LogP contribution in [0, 0.1) is 45.9 Å². The van der Waals surface area contributed by atoms with Crippen molar-refractivity contribution in [1.29, 1.82) is 0 Å². The maximum atomic E-state index is 17.3. The molecule has 2 aromatic rings. The van der Waals surface area contributed by atoms with Crippen molar-refractivity contribution in [3.05, 3.63) is 91.7 Å². The standard InChI is InChI=1S/2C16H22F2NO.2C5H5.Ti/c2*1-5-6-7-11(2)16(3,4)15(20)19-14-9-8-12(17)10-13(14)18;2*1-2-4-5-3-1;/h2*8-9,11H,5-7H2,1-4H3,(H,19,20);2*1-3H,4H2;. The summed E-state index contributed by atoms with van der Waals surface area (Å²) >= 11 is -5.20. The number of anilines is 2. The molecule has 4 nitrogen and oxygen atoms in total. The van der Waals surface area contributed by atoms with Crippen LogP contribution in [0.2, 0.25) is 0 Å². The molecule has 2 amide bonds. The molecule has 2 atom stereocenters. The van der Waals surface area contributed by atoms with Crippen molar-refractivity contribution in [3.8, 4) is 0 Å². The van der Waals surface area contributed by atoms with Gasteiger partial charge in [0.15, 0.2) is 0 Å². The molecule has 0 aliphatic heterocycles. The molecule has 276 valence electrons. The maximum absolute atomic E-state index is 17.3. The number of halogens is 4. The van der Waals surface area contributed by atoms with Crippen LogP contribution >= 0.6 is 0 Å². The molecule has 0 bridgehead atoms. The van der Waals surface area contributed by atoms with E-state index in [0.29, 0.717) is 7.76 Å². The van der Waals surface area contributed by atoms with Gasteiger partial charge in [-0.15, -0.1) is 0 Å². The quantitative estimate of drug-likeness (QED) is 0.133. The average molecular weight is 743 g/mol. The van der Waals surface area contributed by atoms with E-state index in [-0.39, 0.29) is 36.1 Å². The summed E-state index contributed by atoms with van der Waals surface area (Å²) in [5.41, 5.74) is -2.24. The Labute approximate surface area is 305 Å². The number of allylic oxidation sites excluding steroid dienone is 8. The topological polar surface area (TPSA) is 58.2 Å². The van der Waals surface area contributed by atoms with Crippen LogP contribution in [0.15, 0.2) is 68.5 Å². The summed E-state index contributed by atoms with van der Waals surface area (Å²) in [6, 6.07) is 4.52. The van der Waals surface area contributed by atoms with E-state index in [1.807, 2.05) is 26.0 Å². The number of hydrogen-bond acceptors (Lipinski definition) is 2. The van der Waals surface area contributed by atoms with Crippen LogP contribution in [-0.4, -0.2) is 11.8 Å². The van der Waals surface area contributed by atoms with Gasteiger partial charge in [0.1, 0.15) is 0 Å². The Morgan fingerprint density at radius 2 is 1.06 bits per heavy atom. The Morgan fingerprint density at radius 1 is 0.686 bits per heavy atom. The summed E-state index contributed by atoms with van der Waals surface area (Å²) in [6.07, 6.45) is 16.4. The zero-order chi connectivity index (χ0) is 37.7. The minimum atomic E-state index is -5.20. The summed E-state index contributed by atoms with van der Waals surface area (Å²) < 4.78 is 67.9. The fraction of sp³-hybridized carbons (Fsp3) is 0.476. The molecule has 2 aromatic carbocycles. The van der Waals surface area contributed by atoms with E-state index in [0.717, 1.165) is 50.7 Å². The summed E-state index contributed by atoms with van der Waals surface area (Å²) in [5.74, 6) is -4.88. The third-order valence-corrected chi connectivity index (χ3v) is 19.5. The van der Waals surface area contributed by atoms with Gasteiger partial charge < -0.3 is 0 Å². The molecule has 0 aromatic heterocycles. The van der Waals surface area contributed by atoms with E-state index in [1.54, 1.807) is 52.0 Å². The van der Waals surface area contributed by atoms with E-state index < -0.39 is 70.2 Å². The first-order valence-electron chi connectivity index (χ1n) is 18.4. The zero-order valence-electron chi connectivity index (χ0n) is 31.4. The summed E-state index contributed by atoms with van der Waals surface area (Å²) in [4.78, 5) is 27.4. The second-order valence-electron chi connectivity index (χ2n) is 15.4. The van der Waals surface area contributed by atoms with Crippen LogP contribution < -0.4 is 18.4 Å². The van der Waals surface area contributed by atoms with Gasteiger partial charge >= 0.3 is 306 Å². The summed E-state index contributed by atoms with van der Waals surface area (Å²) in [7, 11) is 0. The number of rotatable bonds is 16. The molecule has 0 heterocycles. The van der Waals surface area contributed by atoms with Crippen LogP contribution in [0.3, 0.4) is 0 Å². The monoisotopic (exact) mass is 742 g/mol. The molecule has 0 fully saturated rings. The van der Waals surface area contributed by atoms with Gasteiger partial charge in [0.25, 0.3) is 0 Å². The van der Waals surface area contributed by atoms with Crippen molar-refractivity contribution < 1.29 is 43.7 Å². The molecular weight excluding hydrogens is 688 g/mol. The molecular formula is C42H54F4N2O2Ti. The van der Waals surface area contributed by atoms with Gasteiger partial charge in [0, 0.05) is 0 Å². The van der Waals surface area contributed by atoms with Crippen molar-refractivity contribution in [1.82, 2.24) is 0 Å².